The predicted molar refractivity (Wildman–Crippen MR) is 136 cm³/mol. The highest BCUT2D eigenvalue weighted by Gasteiger charge is 2.23. The minimum absolute atomic E-state index is 1.44. The van der Waals surface area contributed by atoms with Gasteiger partial charge in [-0.1, -0.05) is 0 Å². The molecule has 0 saturated heterocycles. The molecule has 4 aromatic carbocycles. The summed E-state index contributed by atoms with van der Waals surface area (Å²) in [6, 6.07) is 0. The average Bonchev–Trinajstić information content (AvgIpc) is 2.71. The predicted octanol–water partition coefficient (Wildman–Crippen LogP) is 8.85. The van der Waals surface area contributed by atoms with Crippen LogP contribution in [0.3, 0.4) is 0 Å². The van der Waals surface area contributed by atoms with Crippen molar-refractivity contribution in [2.45, 2.75) is 83.1 Å². The first-order chi connectivity index (χ1) is 13.9. The van der Waals surface area contributed by atoms with E-state index in [4.69, 9.17) is 0 Å². The van der Waals surface area contributed by atoms with Gasteiger partial charge in [0.15, 0.2) is 0 Å². The average molecular weight is 397 g/mol. The second-order valence-corrected chi connectivity index (χ2v) is 9.75. The fraction of sp³-hybridized carbons (Fsp3) is 0.400. The Morgan fingerprint density at radius 3 is 0.700 bits per heavy atom. The van der Waals surface area contributed by atoms with Gasteiger partial charge in [-0.2, -0.15) is 0 Å². The Kier molecular flexibility index (Phi) is 4.59. The van der Waals surface area contributed by atoms with Gasteiger partial charge in [0, 0.05) is 0 Å². The standard InChI is InChI=1S/C30H36/c1-13-14(2)19(7)27-24(12)30-28(23(11)26(27)18(13)6)22(10)21(9)25-17(5)15(3)16(4)20(8)29(25)30/h1-12H3. The lowest BCUT2D eigenvalue weighted by molar-refractivity contribution is 1.23. The number of fused-ring (bicyclic) bond motifs is 4. The lowest BCUT2D eigenvalue weighted by atomic mass is 9.78. The van der Waals surface area contributed by atoms with Crippen molar-refractivity contribution in [1.82, 2.24) is 0 Å². The van der Waals surface area contributed by atoms with Gasteiger partial charge in [-0.25, -0.2) is 0 Å². The Labute approximate surface area is 182 Å². The van der Waals surface area contributed by atoms with Crippen LogP contribution in [0.15, 0.2) is 0 Å². The highest BCUT2D eigenvalue weighted by Crippen LogP contribution is 2.46. The summed E-state index contributed by atoms with van der Waals surface area (Å²) in [5.74, 6) is 0. The van der Waals surface area contributed by atoms with Crippen molar-refractivity contribution >= 4 is 32.3 Å². The van der Waals surface area contributed by atoms with Gasteiger partial charge in [0.1, 0.15) is 0 Å². The summed E-state index contributed by atoms with van der Waals surface area (Å²) in [7, 11) is 0. The van der Waals surface area contributed by atoms with Crippen LogP contribution in [0.1, 0.15) is 66.8 Å². The smallest absolute Gasteiger partial charge is 0.00612 e. The fourth-order valence-corrected chi connectivity index (χ4v) is 6.12. The van der Waals surface area contributed by atoms with Crippen LogP contribution in [0.2, 0.25) is 0 Å². The molecule has 0 spiro atoms. The molecule has 0 aliphatic rings. The van der Waals surface area contributed by atoms with Gasteiger partial charge in [0.25, 0.3) is 0 Å². The molecular weight excluding hydrogens is 360 g/mol. The van der Waals surface area contributed by atoms with Crippen LogP contribution in [-0.2, 0) is 0 Å². The number of aryl methyl sites for hydroxylation is 8. The molecule has 0 unspecified atom stereocenters. The van der Waals surface area contributed by atoms with Crippen LogP contribution in [0.25, 0.3) is 32.3 Å². The zero-order valence-corrected chi connectivity index (χ0v) is 21.0. The lowest BCUT2D eigenvalue weighted by Crippen LogP contribution is -2.04. The van der Waals surface area contributed by atoms with Gasteiger partial charge >= 0.3 is 0 Å². The van der Waals surface area contributed by atoms with Crippen LogP contribution in [0.4, 0.5) is 0 Å². The van der Waals surface area contributed by atoms with Crippen molar-refractivity contribution in [2.24, 2.45) is 0 Å². The molecule has 0 heterocycles. The largest absolute Gasteiger partial charge is 0.0444 e. The lowest BCUT2D eigenvalue weighted by Gasteiger charge is -2.26. The molecule has 156 valence electrons. The summed E-state index contributed by atoms with van der Waals surface area (Å²) in [5, 5.41) is 8.85. The van der Waals surface area contributed by atoms with Crippen LogP contribution in [0, 0.1) is 83.1 Å². The first kappa shape index (κ1) is 20.9. The van der Waals surface area contributed by atoms with Crippen molar-refractivity contribution in [3.63, 3.8) is 0 Å². The SMILES string of the molecule is Cc1c(C)c(C)c2c(C)c3c(c(C)c(C)c4c(C)c(C)c(C)c(C)c43)c(C)c2c1C. The highest BCUT2D eigenvalue weighted by atomic mass is 14.3. The summed E-state index contributed by atoms with van der Waals surface area (Å²) in [4.78, 5) is 0. The maximum Gasteiger partial charge on any atom is -0.00612 e. The number of hydrogen-bond donors (Lipinski definition) is 0. The first-order valence-electron chi connectivity index (χ1n) is 11.2. The highest BCUT2D eigenvalue weighted by molar-refractivity contribution is 6.21. The fourth-order valence-electron chi connectivity index (χ4n) is 6.12. The van der Waals surface area contributed by atoms with Gasteiger partial charge in [0.2, 0.25) is 0 Å². The van der Waals surface area contributed by atoms with Gasteiger partial charge in [-0.15, -0.1) is 0 Å². The van der Waals surface area contributed by atoms with Gasteiger partial charge in [0.05, 0.1) is 0 Å². The first-order valence-corrected chi connectivity index (χ1v) is 11.2. The molecular formula is C30H36. The molecule has 0 fully saturated rings. The van der Waals surface area contributed by atoms with E-state index in [1.807, 2.05) is 0 Å². The monoisotopic (exact) mass is 396 g/mol. The molecule has 0 aromatic heterocycles. The van der Waals surface area contributed by atoms with Crippen LogP contribution in [-0.4, -0.2) is 0 Å². The summed E-state index contributed by atoms with van der Waals surface area (Å²) in [5.41, 5.74) is 17.3. The van der Waals surface area contributed by atoms with E-state index < -0.39 is 0 Å². The Balaban J connectivity index is 2.54. The molecule has 0 aliphatic carbocycles. The number of rotatable bonds is 0. The van der Waals surface area contributed by atoms with Gasteiger partial charge in [-0.05, 0) is 182 Å². The van der Waals surface area contributed by atoms with Crippen LogP contribution < -0.4 is 0 Å². The Morgan fingerprint density at radius 2 is 0.333 bits per heavy atom. The summed E-state index contributed by atoms with van der Waals surface area (Å²) >= 11 is 0. The van der Waals surface area contributed by atoms with Crippen molar-refractivity contribution < 1.29 is 0 Å². The number of benzene rings is 4. The molecule has 0 bridgehead atoms. The third-order valence-electron chi connectivity index (χ3n) is 8.69. The van der Waals surface area contributed by atoms with Crippen LogP contribution in [0.5, 0.6) is 0 Å². The second-order valence-electron chi connectivity index (χ2n) is 9.75. The minimum atomic E-state index is 1.44. The van der Waals surface area contributed by atoms with Crippen molar-refractivity contribution in [2.75, 3.05) is 0 Å². The normalized spacial score (nSPS) is 12.0. The summed E-state index contributed by atoms with van der Waals surface area (Å²) in [6.45, 7) is 27.8. The van der Waals surface area contributed by atoms with E-state index >= 15 is 0 Å². The zero-order valence-electron chi connectivity index (χ0n) is 21.0. The van der Waals surface area contributed by atoms with Gasteiger partial charge in [-0.3, -0.25) is 0 Å². The molecule has 4 rings (SSSR count). The number of hydrogen-bond acceptors (Lipinski definition) is 0. The van der Waals surface area contributed by atoms with E-state index in [1.165, 1.54) is 99.1 Å². The molecule has 0 radical (unpaired) electrons. The maximum atomic E-state index is 2.36. The third kappa shape index (κ3) is 2.34. The zero-order chi connectivity index (χ0) is 22.4. The molecule has 0 atom stereocenters. The van der Waals surface area contributed by atoms with Crippen molar-refractivity contribution in [3.8, 4) is 0 Å². The van der Waals surface area contributed by atoms with E-state index in [0.717, 1.165) is 0 Å². The molecule has 0 saturated carbocycles. The minimum Gasteiger partial charge on any atom is -0.0444 e. The molecule has 4 aromatic rings. The maximum absolute atomic E-state index is 2.36. The summed E-state index contributed by atoms with van der Waals surface area (Å²) in [6.07, 6.45) is 0. The van der Waals surface area contributed by atoms with Crippen molar-refractivity contribution in [1.29, 1.82) is 0 Å². The Bertz CT molecular complexity index is 1410. The van der Waals surface area contributed by atoms with Crippen molar-refractivity contribution in [3.05, 3.63) is 66.8 Å². The molecule has 0 nitrogen and oxygen atoms in total. The van der Waals surface area contributed by atoms with E-state index in [2.05, 4.69) is 83.1 Å². The topological polar surface area (TPSA) is 0 Å². The second kappa shape index (κ2) is 6.58. The van der Waals surface area contributed by atoms with E-state index in [1.54, 1.807) is 0 Å². The van der Waals surface area contributed by atoms with Crippen LogP contribution >= 0.6 is 0 Å². The molecule has 0 heteroatoms. The van der Waals surface area contributed by atoms with E-state index in [0.29, 0.717) is 0 Å². The summed E-state index contributed by atoms with van der Waals surface area (Å²) < 4.78 is 0. The van der Waals surface area contributed by atoms with Gasteiger partial charge < -0.3 is 0 Å². The molecule has 0 amide bonds. The third-order valence-corrected chi connectivity index (χ3v) is 8.69. The molecule has 0 N–H and O–H groups in total. The molecule has 0 aliphatic heterocycles. The van der Waals surface area contributed by atoms with E-state index in [-0.39, 0.29) is 0 Å². The Hall–Kier alpha value is -2.34. The Morgan fingerprint density at radius 1 is 0.167 bits per heavy atom. The van der Waals surface area contributed by atoms with E-state index in [9.17, 15) is 0 Å². The quantitative estimate of drug-likeness (QED) is 0.206. The molecule has 30 heavy (non-hydrogen) atoms.